The van der Waals surface area contributed by atoms with Gasteiger partial charge in [0.2, 0.25) is 13.1 Å². The molecular weight excluding hydrogens is 354 g/mol. The Morgan fingerprint density at radius 2 is 1.93 bits per heavy atom. The summed E-state index contributed by atoms with van der Waals surface area (Å²) < 4.78 is 20.8. The summed E-state index contributed by atoms with van der Waals surface area (Å²) in [5.41, 5.74) is -0.638. The average molecular weight is 377 g/mol. The Hall–Kier alpha value is -2.77. The number of Topliss-reactive ketones (excluding diaryl/α,β-unsaturated/α-hetero) is 1. The van der Waals surface area contributed by atoms with Gasteiger partial charge in [0.05, 0.1) is 5.56 Å². The number of carbonyl (C=O) groups excluding carboxylic acids is 3. The summed E-state index contributed by atoms with van der Waals surface area (Å²) in [6, 6.07) is 4.66. The Balaban J connectivity index is 1.58. The van der Waals surface area contributed by atoms with E-state index in [9.17, 15) is 14.4 Å². The fourth-order valence-electron chi connectivity index (χ4n) is 3.21. The largest absolute Gasteiger partial charge is 0.454 e. The number of amides is 1. The maximum Gasteiger partial charge on any atom is 0.413 e. The van der Waals surface area contributed by atoms with Crippen LogP contribution < -0.4 is 9.47 Å². The lowest BCUT2D eigenvalue weighted by atomic mass is 9.81. The van der Waals surface area contributed by atoms with Crippen molar-refractivity contribution in [3.05, 3.63) is 23.8 Å². The van der Waals surface area contributed by atoms with Gasteiger partial charge >= 0.3 is 12.1 Å². The zero-order chi connectivity index (χ0) is 19.6. The van der Waals surface area contributed by atoms with Crippen LogP contribution in [0.5, 0.6) is 11.5 Å². The number of fused-ring (bicyclic) bond motifs is 1. The highest BCUT2D eigenvalue weighted by atomic mass is 16.7. The molecule has 146 valence electrons. The van der Waals surface area contributed by atoms with Crippen LogP contribution in [0, 0.1) is 0 Å². The molecule has 0 spiro atoms. The molecular formula is C19H23NO7. The quantitative estimate of drug-likeness (QED) is 0.588. The van der Waals surface area contributed by atoms with E-state index in [0.717, 1.165) is 12.8 Å². The van der Waals surface area contributed by atoms with Gasteiger partial charge < -0.3 is 18.9 Å². The molecule has 2 aliphatic rings. The molecule has 1 aromatic rings. The van der Waals surface area contributed by atoms with Gasteiger partial charge in [0.25, 0.3) is 0 Å². The number of benzene rings is 1. The van der Waals surface area contributed by atoms with Crippen molar-refractivity contribution in [1.29, 1.82) is 0 Å². The van der Waals surface area contributed by atoms with Gasteiger partial charge in [0.15, 0.2) is 17.3 Å². The smallest absolute Gasteiger partial charge is 0.413 e. The summed E-state index contributed by atoms with van der Waals surface area (Å²) in [7, 11) is 1.53. The van der Waals surface area contributed by atoms with E-state index in [0.29, 0.717) is 24.3 Å². The van der Waals surface area contributed by atoms with E-state index >= 15 is 0 Å². The van der Waals surface area contributed by atoms with E-state index in [1.807, 2.05) is 0 Å². The third kappa shape index (κ3) is 3.84. The highest BCUT2D eigenvalue weighted by Crippen LogP contribution is 2.33. The van der Waals surface area contributed by atoms with Crippen molar-refractivity contribution < 1.29 is 33.3 Å². The molecule has 0 bridgehead atoms. The van der Waals surface area contributed by atoms with E-state index in [4.69, 9.17) is 18.9 Å². The maximum absolute atomic E-state index is 12.4. The van der Waals surface area contributed by atoms with Crippen molar-refractivity contribution in [3.8, 4) is 11.5 Å². The highest BCUT2D eigenvalue weighted by Gasteiger charge is 2.42. The minimum absolute atomic E-state index is 0.0122. The van der Waals surface area contributed by atoms with Crippen molar-refractivity contribution in [2.24, 2.45) is 0 Å². The predicted molar refractivity (Wildman–Crippen MR) is 93.6 cm³/mol. The van der Waals surface area contributed by atoms with E-state index in [1.54, 1.807) is 13.0 Å². The summed E-state index contributed by atoms with van der Waals surface area (Å²) in [4.78, 5) is 38.2. The summed E-state index contributed by atoms with van der Waals surface area (Å²) in [5.74, 6) is 0.366. The number of rotatable bonds is 4. The van der Waals surface area contributed by atoms with Crippen LogP contribution in [0.2, 0.25) is 0 Å². The molecule has 0 aromatic heterocycles. The van der Waals surface area contributed by atoms with Crippen LogP contribution in [0.1, 0.15) is 49.9 Å². The maximum atomic E-state index is 12.4. The number of ether oxygens (including phenoxy) is 4. The molecule has 1 aromatic carbocycles. The number of carbonyl (C=O) groups is 3. The molecule has 1 aliphatic carbocycles. The van der Waals surface area contributed by atoms with Crippen LogP contribution in [0.25, 0.3) is 0 Å². The summed E-state index contributed by atoms with van der Waals surface area (Å²) in [5, 5.41) is 0. The average Bonchev–Trinajstić information content (AvgIpc) is 3.11. The first-order chi connectivity index (χ1) is 12.8. The van der Waals surface area contributed by atoms with Gasteiger partial charge in [-0.15, -0.1) is 0 Å². The minimum Gasteiger partial charge on any atom is -0.454 e. The second kappa shape index (κ2) is 7.46. The van der Waals surface area contributed by atoms with Crippen molar-refractivity contribution in [1.82, 2.24) is 4.90 Å². The Labute approximate surface area is 157 Å². The molecule has 0 N–H and O–H groups in total. The van der Waals surface area contributed by atoms with Gasteiger partial charge in [-0.1, -0.05) is 6.42 Å². The number of likely N-dealkylation sites (N-methyl/N-ethyl adjacent to an activating group) is 1. The molecule has 1 saturated carbocycles. The first kappa shape index (κ1) is 19.0. The number of nitrogens with zero attached hydrogens (tertiary/aromatic N) is 1. The van der Waals surface area contributed by atoms with Crippen molar-refractivity contribution in [3.63, 3.8) is 0 Å². The fourth-order valence-corrected chi connectivity index (χ4v) is 3.21. The molecule has 1 unspecified atom stereocenters. The molecule has 8 heteroatoms. The van der Waals surface area contributed by atoms with E-state index < -0.39 is 23.9 Å². The number of hydrogen-bond donors (Lipinski definition) is 0. The molecule has 1 aliphatic heterocycles. The summed E-state index contributed by atoms with van der Waals surface area (Å²) in [6.45, 7) is 3.28. The topological polar surface area (TPSA) is 91.4 Å². The zero-order valence-corrected chi connectivity index (χ0v) is 15.6. The number of hydrogen-bond acceptors (Lipinski definition) is 7. The second-order valence-corrected chi connectivity index (χ2v) is 6.89. The van der Waals surface area contributed by atoms with Crippen molar-refractivity contribution in [2.45, 2.75) is 51.4 Å². The number of esters is 1. The first-order valence-electron chi connectivity index (χ1n) is 8.89. The predicted octanol–water partition coefficient (Wildman–Crippen LogP) is 2.89. The second-order valence-electron chi connectivity index (χ2n) is 6.89. The van der Waals surface area contributed by atoms with Crippen molar-refractivity contribution in [2.75, 3.05) is 13.8 Å². The lowest BCUT2D eigenvalue weighted by Crippen LogP contribution is -2.55. The molecule has 0 radical (unpaired) electrons. The molecule has 8 nitrogen and oxygen atoms in total. The molecule has 27 heavy (non-hydrogen) atoms. The lowest BCUT2D eigenvalue weighted by Gasteiger charge is -2.39. The molecule has 1 amide bonds. The SMILES string of the molecule is CC(OC(=O)c1ccc2c(c1)OCO2)OC(=O)N(C)[C@]1(C)CCCCC1=O. The van der Waals surface area contributed by atoms with Crippen molar-refractivity contribution >= 4 is 17.8 Å². The van der Waals surface area contributed by atoms with Gasteiger partial charge in [-0.3, -0.25) is 9.69 Å². The van der Waals surface area contributed by atoms with E-state index in [2.05, 4.69) is 0 Å². The Kier molecular flexibility index (Phi) is 5.25. The van der Waals surface area contributed by atoms with E-state index in [1.165, 1.54) is 31.0 Å². The third-order valence-corrected chi connectivity index (χ3v) is 5.08. The summed E-state index contributed by atoms with van der Waals surface area (Å²) >= 11 is 0. The lowest BCUT2D eigenvalue weighted by molar-refractivity contribution is -0.133. The van der Waals surface area contributed by atoms with Gasteiger partial charge in [-0.2, -0.15) is 0 Å². The Morgan fingerprint density at radius 3 is 2.67 bits per heavy atom. The first-order valence-corrected chi connectivity index (χ1v) is 8.89. The molecule has 2 atom stereocenters. The third-order valence-electron chi connectivity index (χ3n) is 5.08. The Morgan fingerprint density at radius 1 is 1.19 bits per heavy atom. The van der Waals surface area contributed by atoms with Crippen LogP contribution in [0.3, 0.4) is 0 Å². The highest BCUT2D eigenvalue weighted by molar-refractivity contribution is 5.92. The van der Waals surface area contributed by atoms with E-state index in [-0.39, 0.29) is 18.1 Å². The molecule has 0 saturated heterocycles. The zero-order valence-electron chi connectivity index (χ0n) is 15.6. The minimum atomic E-state index is -1.11. The summed E-state index contributed by atoms with van der Waals surface area (Å²) in [6.07, 6.45) is 0.917. The molecule has 1 fully saturated rings. The van der Waals surface area contributed by atoms with Gasteiger partial charge in [0, 0.05) is 20.4 Å². The van der Waals surface area contributed by atoms with Gasteiger partial charge in [0.1, 0.15) is 5.54 Å². The van der Waals surface area contributed by atoms with Crippen LogP contribution in [-0.2, 0) is 14.3 Å². The number of ketones is 1. The standard InChI is InChI=1S/C19H23NO7/c1-12(26-17(22)13-7-8-14-15(10-13)25-11-24-14)27-18(23)20(3)19(2)9-5-4-6-16(19)21/h7-8,10,12H,4-6,9,11H2,1-3H3/t12?,19-/m1/s1. The molecule has 1 heterocycles. The fraction of sp³-hybridized carbons (Fsp3) is 0.526. The van der Waals surface area contributed by atoms with Crippen LogP contribution in [-0.4, -0.2) is 48.4 Å². The van der Waals surface area contributed by atoms with Crippen LogP contribution in [0.15, 0.2) is 18.2 Å². The monoisotopic (exact) mass is 377 g/mol. The van der Waals surface area contributed by atoms with Gasteiger partial charge in [-0.05, 0) is 38.0 Å². The normalized spacial score (nSPS) is 22.1. The Bertz CT molecular complexity index is 762. The van der Waals surface area contributed by atoms with Crippen LogP contribution >= 0.6 is 0 Å². The molecule has 3 rings (SSSR count). The van der Waals surface area contributed by atoms with Gasteiger partial charge in [-0.25, -0.2) is 9.59 Å². The van der Waals surface area contributed by atoms with Crippen LogP contribution in [0.4, 0.5) is 4.79 Å².